The normalized spacial score (nSPS) is 21.0. The third-order valence-electron chi connectivity index (χ3n) is 8.08. The fourth-order valence-electron chi connectivity index (χ4n) is 5.73. The van der Waals surface area contributed by atoms with Crippen molar-refractivity contribution in [2.45, 2.75) is 38.6 Å². The third-order valence-corrected chi connectivity index (χ3v) is 8.08. The quantitative estimate of drug-likeness (QED) is 0.458. The van der Waals surface area contributed by atoms with Crippen LogP contribution in [0.3, 0.4) is 0 Å². The number of hydrogen-bond acceptors (Lipinski definition) is 6. The Morgan fingerprint density at radius 1 is 1.07 bits per heavy atom. The summed E-state index contributed by atoms with van der Waals surface area (Å²) >= 11 is 0. The molecule has 0 unspecified atom stereocenters. The molecular weight excluding hydrogens is 533 g/mol. The minimum atomic E-state index is -1.68. The molecule has 0 bridgehead atoms. The molecule has 2 saturated heterocycles. The Bertz CT molecular complexity index is 1630. The van der Waals surface area contributed by atoms with Crippen LogP contribution in [0.5, 0.6) is 5.75 Å². The van der Waals surface area contributed by atoms with Crippen LogP contribution in [0.25, 0.3) is 0 Å². The second-order valence-corrected chi connectivity index (χ2v) is 10.8. The number of nitrogens with one attached hydrogen (secondary N) is 1. The zero-order chi connectivity index (χ0) is 30.1. The molecule has 42 heavy (non-hydrogen) atoms. The maximum Gasteiger partial charge on any atom is 0.255 e. The van der Waals surface area contributed by atoms with E-state index in [2.05, 4.69) is 28.9 Å². The van der Waals surface area contributed by atoms with Gasteiger partial charge in [0.05, 0.1) is 25.2 Å². The van der Waals surface area contributed by atoms with Crippen LogP contribution in [0.4, 0.5) is 10.1 Å². The van der Waals surface area contributed by atoms with E-state index in [0.29, 0.717) is 59.9 Å². The number of anilines is 1. The molecule has 214 valence electrons. The minimum Gasteiger partial charge on any atom is -0.489 e. The molecule has 0 spiro atoms. The number of piperazine rings is 1. The molecule has 6 rings (SSSR count). The Labute approximate surface area is 246 Å². The van der Waals surface area contributed by atoms with Gasteiger partial charge in [-0.2, -0.15) is 5.26 Å². The van der Waals surface area contributed by atoms with E-state index in [0.717, 1.165) is 30.8 Å². The van der Waals surface area contributed by atoms with Crippen LogP contribution in [0.1, 0.15) is 46.8 Å². The Morgan fingerprint density at radius 2 is 1.83 bits per heavy atom. The number of nitrogens with zero attached hydrogens (tertiary/aromatic N) is 4. The van der Waals surface area contributed by atoms with Gasteiger partial charge in [0.15, 0.2) is 0 Å². The van der Waals surface area contributed by atoms with E-state index < -0.39 is 11.9 Å². The van der Waals surface area contributed by atoms with E-state index >= 15 is 0 Å². The predicted molar refractivity (Wildman–Crippen MR) is 156 cm³/mol. The van der Waals surface area contributed by atoms with Gasteiger partial charge in [-0.15, -0.1) is 0 Å². The summed E-state index contributed by atoms with van der Waals surface area (Å²) in [5, 5.41) is 11.6. The predicted octanol–water partition coefficient (Wildman–Crippen LogP) is 4.35. The van der Waals surface area contributed by atoms with Crippen molar-refractivity contribution in [1.82, 2.24) is 15.1 Å². The second-order valence-electron chi connectivity index (χ2n) is 10.8. The zero-order valence-corrected chi connectivity index (χ0v) is 23.2. The molecule has 0 aromatic heterocycles. The summed E-state index contributed by atoms with van der Waals surface area (Å²) in [7, 11) is 0. The van der Waals surface area contributed by atoms with Crippen molar-refractivity contribution in [2.24, 2.45) is 0 Å². The van der Waals surface area contributed by atoms with Gasteiger partial charge in [-0.05, 0) is 54.3 Å². The number of nitriles is 1. The number of hydrogen-bond donors (Lipinski definition) is 1. The number of piperidine rings is 1. The molecule has 2 amide bonds. The van der Waals surface area contributed by atoms with Crippen LogP contribution in [-0.2, 0) is 24.5 Å². The smallest absolute Gasteiger partial charge is 0.255 e. The molecule has 3 aromatic carbocycles. The summed E-state index contributed by atoms with van der Waals surface area (Å²) in [5.41, 5.74) is 4.71. The molecule has 1 atom stereocenters. The first-order valence-corrected chi connectivity index (χ1v) is 14.1. The molecule has 3 aromatic rings. The molecule has 0 saturated carbocycles. The van der Waals surface area contributed by atoms with Crippen molar-refractivity contribution in [3.8, 4) is 11.8 Å². The number of fused-ring (bicyclic) bond motifs is 1. The fourth-order valence-corrected chi connectivity index (χ4v) is 5.73. The second kappa shape index (κ2) is 11.7. The fraction of sp³-hybridized carbons (Fsp3) is 0.303. The molecule has 0 radical (unpaired) electrons. The van der Waals surface area contributed by atoms with Gasteiger partial charge in [-0.1, -0.05) is 36.9 Å². The summed E-state index contributed by atoms with van der Waals surface area (Å²) in [6.07, 6.45) is 0.648. The van der Waals surface area contributed by atoms with Crippen LogP contribution < -0.4 is 15.0 Å². The van der Waals surface area contributed by atoms with Gasteiger partial charge in [0, 0.05) is 49.5 Å². The largest absolute Gasteiger partial charge is 0.489 e. The summed E-state index contributed by atoms with van der Waals surface area (Å²) in [4.78, 5) is 31.5. The molecule has 3 aliphatic rings. The number of ether oxygens (including phenoxy) is 1. The van der Waals surface area contributed by atoms with E-state index in [1.807, 2.05) is 29.2 Å². The highest BCUT2D eigenvalue weighted by molar-refractivity contribution is 6.02. The Morgan fingerprint density at radius 3 is 2.55 bits per heavy atom. The summed E-state index contributed by atoms with van der Waals surface area (Å²) in [6, 6.07) is 18.4. The van der Waals surface area contributed by atoms with Crippen molar-refractivity contribution in [3.63, 3.8) is 0 Å². The molecule has 8 nitrogen and oxygen atoms in total. The molecule has 3 aliphatic heterocycles. The number of rotatable bonds is 7. The molecule has 0 aliphatic carbocycles. The van der Waals surface area contributed by atoms with Gasteiger partial charge in [-0.3, -0.25) is 14.5 Å². The van der Waals surface area contributed by atoms with Crippen LogP contribution >= 0.6 is 0 Å². The molecule has 1 N–H and O–H groups in total. The summed E-state index contributed by atoms with van der Waals surface area (Å²) < 4.78 is 29.4. The van der Waals surface area contributed by atoms with Crippen LogP contribution in [0.2, 0.25) is 0 Å². The minimum absolute atomic E-state index is 0.137. The van der Waals surface area contributed by atoms with E-state index in [1.165, 1.54) is 11.0 Å². The van der Waals surface area contributed by atoms with Crippen LogP contribution in [0, 0.1) is 17.1 Å². The lowest BCUT2D eigenvalue weighted by molar-refractivity contribution is -0.126. The number of amides is 2. The van der Waals surface area contributed by atoms with Gasteiger partial charge in [0.1, 0.15) is 24.2 Å². The van der Waals surface area contributed by atoms with Crippen molar-refractivity contribution in [3.05, 3.63) is 107 Å². The molecule has 9 heteroatoms. The van der Waals surface area contributed by atoms with Crippen molar-refractivity contribution >= 4 is 17.5 Å². The SMILES string of the molecule is [2H][C@@]1(N2Cc3c(OCc4ccc(CN5CCN(c6ccc(C#N)cc6F)CC5)cc4)cccc3C2=O)CCC(=C)NC1=O. The highest BCUT2D eigenvalue weighted by Crippen LogP contribution is 2.34. The zero-order valence-electron chi connectivity index (χ0n) is 24.2. The topological polar surface area (TPSA) is 88.9 Å². The average Bonchev–Trinajstić information content (AvgIpc) is 3.36. The lowest BCUT2D eigenvalue weighted by Gasteiger charge is -2.36. The van der Waals surface area contributed by atoms with Crippen molar-refractivity contribution in [2.75, 3.05) is 31.1 Å². The average molecular weight is 567 g/mol. The lowest BCUT2D eigenvalue weighted by Crippen LogP contribution is -2.49. The first-order valence-electron chi connectivity index (χ1n) is 14.6. The van der Waals surface area contributed by atoms with E-state index in [9.17, 15) is 14.0 Å². The van der Waals surface area contributed by atoms with Crippen molar-refractivity contribution in [1.29, 1.82) is 5.26 Å². The molecule has 2 fully saturated rings. The first kappa shape index (κ1) is 26.2. The third kappa shape index (κ3) is 5.58. The van der Waals surface area contributed by atoms with E-state index in [1.54, 1.807) is 24.3 Å². The van der Waals surface area contributed by atoms with Gasteiger partial charge in [0.2, 0.25) is 5.91 Å². The van der Waals surface area contributed by atoms with Gasteiger partial charge in [0.25, 0.3) is 5.91 Å². The van der Waals surface area contributed by atoms with Gasteiger partial charge < -0.3 is 19.9 Å². The summed E-state index contributed by atoms with van der Waals surface area (Å²) in [6.45, 7) is 8.02. The number of allylic oxidation sites excluding steroid dienone is 1. The van der Waals surface area contributed by atoms with Crippen LogP contribution in [0.15, 0.2) is 72.9 Å². The van der Waals surface area contributed by atoms with Gasteiger partial charge >= 0.3 is 0 Å². The highest BCUT2D eigenvalue weighted by Gasteiger charge is 2.39. The lowest BCUT2D eigenvalue weighted by atomic mass is 10.0. The monoisotopic (exact) mass is 566 g/mol. The van der Waals surface area contributed by atoms with E-state index in [4.69, 9.17) is 11.4 Å². The Hall–Kier alpha value is -4.68. The Kier molecular flexibility index (Phi) is 7.29. The van der Waals surface area contributed by atoms with E-state index in [-0.39, 0.29) is 24.7 Å². The number of carbonyl (C=O) groups excluding carboxylic acids is 2. The molecule has 3 heterocycles. The number of carbonyl (C=O) groups is 2. The first-order chi connectivity index (χ1) is 20.7. The highest BCUT2D eigenvalue weighted by atomic mass is 19.1. The maximum atomic E-state index is 14.4. The Balaban J connectivity index is 1.04. The standard InChI is InChI=1S/C33H32FN5O3/c1-22-5-11-30(32(40)36-22)39-20-27-26(33(39)41)3-2-4-31(27)42-21-24-8-6-23(7-9-24)19-37-13-15-38(16-14-37)29-12-10-25(18-35)17-28(29)34/h2-4,6-10,12,17,30H,1,5,11,13-16,19-21H2,(H,36,40)/t30-/m1/s1/i30D. The number of benzene rings is 3. The molecular formula is C33H32FN5O3. The summed E-state index contributed by atoms with van der Waals surface area (Å²) in [5.74, 6) is -0.670. The van der Waals surface area contributed by atoms with Crippen LogP contribution in [-0.4, -0.2) is 53.8 Å². The maximum absolute atomic E-state index is 14.4. The van der Waals surface area contributed by atoms with Crippen molar-refractivity contribution < 1.29 is 20.1 Å². The van der Waals surface area contributed by atoms with Gasteiger partial charge in [-0.25, -0.2) is 4.39 Å². The number of halogens is 1.